The number of nitrogens with one attached hydrogen (secondary N) is 1. The average Bonchev–Trinajstić information content (AvgIpc) is 2.27. The Morgan fingerprint density at radius 1 is 1.41 bits per heavy atom. The van der Waals surface area contributed by atoms with E-state index in [1.807, 2.05) is 18.8 Å². The van der Waals surface area contributed by atoms with E-state index in [1.54, 1.807) is 0 Å². The summed E-state index contributed by atoms with van der Waals surface area (Å²) in [6.45, 7) is 13.5. The molecule has 1 unspecified atom stereocenters. The first-order valence-electron chi connectivity index (χ1n) is 6.27. The zero-order valence-corrected chi connectivity index (χ0v) is 13.1. The molecule has 1 saturated heterocycles. The number of hydrogen-bond acceptors (Lipinski definition) is 2. The molecule has 1 N–H and O–H groups in total. The Morgan fingerprint density at radius 3 is 2.35 bits per heavy atom. The molecule has 4 heteroatoms. The number of rotatable bonds is 3. The molecule has 0 saturated carbocycles. The monoisotopic (exact) mass is 257 g/mol. The highest BCUT2D eigenvalue weighted by atomic mass is 32.2. The molecule has 100 valence electrons. The third kappa shape index (κ3) is 2.72. The number of likely N-dealkylation sites (tertiary alicyclic amines) is 1. The maximum atomic E-state index is 4.40. The summed E-state index contributed by atoms with van der Waals surface area (Å²) in [5.41, 5.74) is 0.535. The van der Waals surface area contributed by atoms with Gasteiger partial charge in [0.2, 0.25) is 0 Å². The fraction of sp³-hybridized carbons (Fsp3) is 0.923. The molecule has 0 amide bonds. The SMILES string of the molecule is CN=C(NCC(C)SC)N1CC(C)(C)C1(C)C. The molecule has 1 aliphatic rings. The molecule has 17 heavy (non-hydrogen) atoms. The normalized spacial score (nSPS) is 24.2. The average molecular weight is 257 g/mol. The van der Waals surface area contributed by atoms with Crippen LogP contribution in [0.25, 0.3) is 0 Å². The Balaban J connectivity index is 2.60. The van der Waals surface area contributed by atoms with Crippen LogP contribution in [0.5, 0.6) is 0 Å². The van der Waals surface area contributed by atoms with Crippen LogP contribution in [-0.4, -0.2) is 48.0 Å². The van der Waals surface area contributed by atoms with E-state index in [4.69, 9.17) is 0 Å². The van der Waals surface area contributed by atoms with Gasteiger partial charge in [-0.3, -0.25) is 4.99 Å². The molecule has 1 atom stereocenters. The van der Waals surface area contributed by atoms with Crippen molar-refractivity contribution < 1.29 is 0 Å². The first kappa shape index (κ1) is 14.7. The highest BCUT2D eigenvalue weighted by Crippen LogP contribution is 2.46. The van der Waals surface area contributed by atoms with Gasteiger partial charge in [-0.1, -0.05) is 20.8 Å². The lowest BCUT2D eigenvalue weighted by Gasteiger charge is -2.62. The standard InChI is InChI=1S/C13H27N3S/c1-10(17-7)8-15-11(14-6)16-9-12(2,3)13(16,4)5/h10H,8-9H2,1-7H3,(H,14,15). The van der Waals surface area contributed by atoms with Gasteiger partial charge in [0.05, 0.1) is 0 Å². The molecule has 0 aromatic heterocycles. The van der Waals surface area contributed by atoms with Crippen LogP contribution in [0.15, 0.2) is 4.99 Å². The third-order valence-corrected chi connectivity index (χ3v) is 5.27. The fourth-order valence-corrected chi connectivity index (χ4v) is 2.26. The van der Waals surface area contributed by atoms with Gasteiger partial charge in [0.1, 0.15) is 0 Å². The molecule has 0 aliphatic carbocycles. The van der Waals surface area contributed by atoms with Crippen molar-refractivity contribution in [1.82, 2.24) is 10.2 Å². The van der Waals surface area contributed by atoms with Crippen LogP contribution in [0.3, 0.4) is 0 Å². The van der Waals surface area contributed by atoms with Crippen molar-refractivity contribution in [3.05, 3.63) is 0 Å². The van der Waals surface area contributed by atoms with Crippen molar-refractivity contribution in [1.29, 1.82) is 0 Å². The van der Waals surface area contributed by atoms with Crippen LogP contribution in [0.1, 0.15) is 34.6 Å². The predicted octanol–water partition coefficient (Wildman–Crippen LogP) is 2.43. The fourth-order valence-electron chi connectivity index (χ4n) is 2.01. The maximum Gasteiger partial charge on any atom is 0.194 e. The van der Waals surface area contributed by atoms with Gasteiger partial charge < -0.3 is 10.2 Å². The summed E-state index contributed by atoms with van der Waals surface area (Å²) in [4.78, 5) is 6.77. The van der Waals surface area contributed by atoms with Gasteiger partial charge in [-0.15, -0.1) is 0 Å². The quantitative estimate of drug-likeness (QED) is 0.621. The van der Waals surface area contributed by atoms with E-state index in [9.17, 15) is 0 Å². The molecule has 3 nitrogen and oxygen atoms in total. The van der Waals surface area contributed by atoms with Crippen molar-refractivity contribution in [2.75, 3.05) is 26.4 Å². The van der Waals surface area contributed by atoms with Crippen LogP contribution in [0.2, 0.25) is 0 Å². The van der Waals surface area contributed by atoms with Crippen LogP contribution in [0.4, 0.5) is 0 Å². The molecule has 0 aromatic carbocycles. The second-order valence-electron chi connectivity index (χ2n) is 6.00. The van der Waals surface area contributed by atoms with Gasteiger partial charge in [0.25, 0.3) is 0 Å². The van der Waals surface area contributed by atoms with Crippen LogP contribution < -0.4 is 5.32 Å². The van der Waals surface area contributed by atoms with Crippen molar-refractivity contribution in [3.63, 3.8) is 0 Å². The zero-order valence-electron chi connectivity index (χ0n) is 12.3. The van der Waals surface area contributed by atoms with Gasteiger partial charge in [0.15, 0.2) is 5.96 Å². The van der Waals surface area contributed by atoms with Crippen molar-refractivity contribution in [2.45, 2.75) is 45.4 Å². The highest BCUT2D eigenvalue weighted by molar-refractivity contribution is 7.99. The lowest BCUT2D eigenvalue weighted by atomic mass is 9.65. The van der Waals surface area contributed by atoms with E-state index in [-0.39, 0.29) is 5.54 Å². The molecule has 0 aromatic rings. The molecule has 0 radical (unpaired) electrons. The Kier molecular flexibility index (Phi) is 4.39. The number of nitrogens with zero attached hydrogens (tertiary/aromatic N) is 2. The summed E-state index contributed by atoms with van der Waals surface area (Å²) in [6.07, 6.45) is 2.14. The van der Waals surface area contributed by atoms with Gasteiger partial charge in [-0.05, 0) is 20.1 Å². The van der Waals surface area contributed by atoms with Crippen LogP contribution in [0, 0.1) is 5.41 Å². The summed E-state index contributed by atoms with van der Waals surface area (Å²) in [5, 5.41) is 4.09. The maximum absolute atomic E-state index is 4.40. The molecular formula is C13H27N3S. The van der Waals surface area contributed by atoms with E-state index in [0.29, 0.717) is 10.7 Å². The minimum absolute atomic E-state index is 0.178. The minimum atomic E-state index is 0.178. The van der Waals surface area contributed by atoms with Crippen molar-refractivity contribution in [2.24, 2.45) is 10.4 Å². The number of guanidine groups is 1. The van der Waals surface area contributed by atoms with E-state index in [1.165, 1.54) is 0 Å². The molecule has 1 aliphatic heterocycles. The number of thioether (sulfide) groups is 1. The zero-order chi connectivity index (χ0) is 13.3. The second kappa shape index (κ2) is 5.09. The smallest absolute Gasteiger partial charge is 0.194 e. The second-order valence-corrected chi connectivity index (χ2v) is 7.28. The molecule has 1 fully saturated rings. The molecule has 0 bridgehead atoms. The van der Waals surface area contributed by atoms with Crippen molar-refractivity contribution >= 4 is 17.7 Å². The molecule has 1 heterocycles. The summed E-state index contributed by atoms with van der Waals surface area (Å²) in [5.74, 6) is 1.04. The van der Waals surface area contributed by atoms with Crippen molar-refractivity contribution in [3.8, 4) is 0 Å². The lowest BCUT2D eigenvalue weighted by Crippen LogP contribution is -2.72. The van der Waals surface area contributed by atoms with E-state index >= 15 is 0 Å². The largest absolute Gasteiger partial charge is 0.355 e. The first-order valence-corrected chi connectivity index (χ1v) is 7.56. The van der Waals surface area contributed by atoms with Crippen LogP contribution in [-0.2, 0) is 0 Å². The number of aliphatic imine (C=N–C) groups is 1. The summed E-state index contributed by atoms with van der Waals surface area (Å²) < 4.78 is 0. The highest BCUT2D eigenvalue weighted by Gasteiger charge is 2.53. The Hall–Kier alpha value is -0.380. The molecule has 0 spiro atoms. The van der Waals surface area contributed by atoms with Gasteiger partial charge in [-0.2, -0.15) is 11.8 Å². The molecular weight excluding hydrogens is 230 g/mol. The van der Waals surface area contributed by atoms with Crippen LogP contribution >= 0.6 is 11.8 Å². The minimum Gasteiger partial charge on any atom is -0.355 e. The lowest BCUT2D eigenvalue weighted by molar-refractivity contribution is -0.0666. The van der Waals surface area contributed by atoms with Gasteiger partial charge in [0, 0.05) is 36.3 Å². The topological polar surface area (TPSA) is 27.6 Å². The Bertz CT molecular complexity index is 297. The summed E-state index contributed by atoms with van der Waals surface area (Å²) in [7, 11) is 1.87. The summed E-state index contributed by atoms with van der Waals surface area (Å²) in [6, 6.07) is 0. The summed E-state index contributed by atoms with van der Waals surface area (Å²) >= 11 is 1.88. The van der Waals surface area contributed by atoms with Gasteiger partial charge >= 0.3 is 0 Å². The van der Waals surface area contributed by atoms with E-state index in [0.717, 1.165) is 19.0 Å². The predicted molar refractivity (Wildman–Crippen MR) is 78.9 cm³/mol. The third-order valence-electron chi connectivity index (χ3n) is 4.30. The van der Waals surface area contributed by atoms with E-state index < -0.39 is 0 Å². The first-order chi connectivity index (χ1) is 7.76. The number of hydrogen-bond donors (Lipinski definition) is 1. The van der Waals surface area contributed by atoms with Gasteiger partial charge in [-0.25, -0.2) is 0 Å². The Morgan fingerprint density at radius 2 is 2.00 bits per heavy atom. The Labute approximate surface area is 110 Å². The van der Waals surface area contributed by atoms with E-state index in [2.05, 4.69) is 56.1 Å². The molecule has 1 rings (SSSR count).